The number of amides is 1. The Morgan fingerprint density at radius 3 is 2.12 bits per heavy atom. The highest BCUT2D eigenvalue weighted by Gasteiger charge is 2.55. The zero-order valence-corrected chi connectivity index (χ0v) is 18.4. The number of hydrogen-bond acceptors (Lipinski definition) is 6. The van der Waals surface area contributed by atoms with Gasteiger partial charge in [0.2, 0.25) is 5.91 Å². The molecule has 26 heavy (non-hydrogen) atoms. The van der Waals surface area contributed by atoms with Crippen LogP contribution in [0.1, 0.15) is 48.5 Å². The van der Waals surface area contributed by atoms with E-state index in [-0.39, 0.29) is 17.7 Å². The lowest BCUT2D eigenvalue weighted by Crippen LogP contribution is -2.67. The highest BCUT2D eigenvalue weighted by atomic mass is 28.4. The van der Waals surface area contributed by atoms with Crippen molar-refractivity contribution in [1.82, 2.24) is 4.90 Å². The number of hydrogen-bond donors (Lipinski definition) is 0. The van der Waals surface area contributed by atoms with E-state index in [2.05, 4.69) is 40.8 Å². The van der Waals surface area contributed by atoms with E-state index in [1.807, 2.05) is 6.92 Å². The summed E-state index contributed by atoms with van der Waals surface area (Å²) in [5, 5.41) is 0.00239. The van der Waals surface area contributed by atoms with Gasteiger partial charge in [0.05, 0.1) is 6.10 Å². The van der Waals surface area contributed by atoms with Crippen LogP contribution >= 0.6 is 0 Å². The molecular weight excluding hydrogens is 354 g/mol. The zero-order valence-electron chi connectivity index (χ0n) is 17.4. The molecule has 1 rings (SSSR count). The molecule has 0 aromatic heterocycles. The average Bonchev–Trinajstić information content (AvgIpc) is 2.44. The SMILES string of the molecule is CC(=O)OCN1C(=O)[C@H]([C@@H](C)O[Si](C)(C)C(C)(C)C(C)C)[C@H]1OC(C)=O. The molecule has 150 valence electrons. The van der Waals surface area contributed by atoms with Crippen LogP contribution in [0.15, 0.2) is 0 Å². The first-order chi connectivity index (χ1) is 11.7. The Bertz CT molecular complexity index is 560. The number of carbonyl (C=O) groups excluding carboxylic acids is 3. The topological polar surface area (TPSA) is 82.1 Å². The van der Waals surface area contributed by atoms with Crippen LogP contribution in [0.2, 0.25) is 18.1 Å². The lowest BCUT2D eigenvalue weighted by atomic mass is 9.91. The number of likely N-dealkylation sites (tertiary alicyclic amines) is 1. The molecular formula is C18H33NO6Si. The molecule has 1 amide bonds. The van der Waals surface area contributed by atoms with Crippen LogP contribution in [-0.4, -0.2) is 50.1 Å². The van der Waals surface area contributed by atoms with Gasteiger partial charge in [-0.15, -0.1) is 0 Å². The van der Waals surface area contributed by atoms with E-state index in [0.29, 0.717) is 5.92 Å². The van der Waals surface area contributed by atoms with Crippen molar-refractivity contribution in [3.8, 4) is 0 Å². The van der Waals surface area contributed by atoms with Crippen molar-refractivity contribution in [3.05, 3.63) is 0 Å². The molecule has 1 aliphatic rings. The Balaban J connectivity index is 2.92. The monoisotopic (exact) mass is 387 g/mol. The second-order valence-electron chi connectivity index (χ2n) is 8.31. The van der Waals surface area contributed by atoms with Gasteiger partial charge in [-0.25, -0.2) is 0 Å². The minimum absolute atomic E-state index is 0.00239. The summed E-state index contributed by atoms with van der Waals surface area (Å²) in [7, 11) is -2.16. The first-order valence-electron chi connectivity index (χ1n) is 9.01. The summed E-state index contributed by atoms with van der Waals surface area (Å²) in [6, 6.07) is 0. The summed E-state index contributed by atoms with van der Waals surface area (Å²) >= 11 is 0. The third-order valence-corrected chi connectivity index (χ3v) is 10.5. The maximum atomic E-state index is 12.6. The number of ether oxygens (including phenoxy) is 2. The normalized spacial score (nSPS) is 22.1. The molecule has 1 aliphatic heterocycles. The molecule has 0 aromatic rings. The van der Waals surface area contributed by atoms with E-state index < -0.39 is 38.5 Å². The van der Waals surface area contributed by atoms with Crippen molar-refractivity contribution < 1.29 is 28.3 Å². The Hall–Kier alpha value is -1.41. The van der Waals surface area contributed by atoms with Gasteiger partial charge in [-0.3, -0.25) is 19.3 Å². The fourth-order valence-corrected chi connectivity index (χ4v) is 5.74. The van der Waals surface area contributed by atoms with E-state index in [4.69, 9.17) is 13.9 Å². The third-order valence-electron chi connectivity index (χ3n) is 5.86. The molecule has 3 atom stereocenters. The Labute approximate surface area is 157 Å². The Kier molecular flexibility index (Phi) is 7.03. The van der Waals surface area contributed by atoms with Crippen LogP contribution in [0.3, 0.4) is 0 Å². The number of rotatable bonds is 8. The van der Waals surface area contributed by atoms with Crippen LogP contribution in [0.25, 0.3) is 0 Å². The zero-order chi connectivity index (χ0) is 20.4. The maximum Gasteiger partial charge on any atom is 0.304 e. The van der Waals surface area contributed by atoms with Crippen LogP contribution in [-0.2, 0) is 28.3 Å². The quantitative estimate of drug-likeness (QED) is 0.362. The molecule has 0 aliphatic carbocycles. The molecule has 0 radical (unpaired) electrons. The van der Waals surface area contributed by atoms with Gasteiger partial charge in [0.1, 0.15) is 5.92 Å². The summed E-state index contributed by atoms with van der Waals surface area (Å²) in [4.78, 5) is 36.3. The molecule has 8 heteroatoms. The van der Waals surface area contributed by atoms with E-state index in [0.717, 1.165) is 0 Å². The highest BCUT2D eigenvalue weighted by Crippen LogP contribution is 2.46. The van der Waals surface area contributed by atoms with Gasteiger partial charge in [-0.05, 0) is 31.0 Å². The lowest BCUT2D eigenvalue weighted by Gasteiger charge is -2.50. The number of carbonyl (C=O) groups is 3. The highest BCUT2D eigenvalue weighted by molar-refractivity contribution is 6.74. The van der Waals surface area contributed by atoms with Gasteiger partial charge in [0, 0.05) is 13.8 Å². The summed E-state index contributed by atoms with van der Waals surface area (Å²) in [6.45, 7) is 17.2. The number of β-lactam (4-membered cyclic amide) rings is 1. The van der Waals surface area contributed by atoms with E-state index in [1.165, 1.54) is 18.7 Å². The summed E-state index contributed by atoms with van der Waals surface area (Å²) < 4.78 is 16.6. The van der Waals surface area contributed by atoms with Crippen LogP contribution in [0.5, 0.6) is 0 Å². The van der Waals surface area contributed by atoms with Crippen molar-refractivity contribution in [2.24, 2.45) is 11.8 Å². The standard InChI is InChI=1S/C18H33NO6Si/c1-11(2)18(6,7)26(8,9)25-12(3)15-16(22)19(10-23-13(4)20)17(15)24-14(5)21/h11-12,15,17H,10H2,1-9H3/t12-,15+,17-/m1/s1. The van der Waals surface area contributed by atoms with Gasteiger partial charge in [0.25, 0.3) is 0 Å². The molecule has 0 bridgehead atoms. The first-order valence-corrected chi connectivity index (χ1v) is 11.9. The minimum atomic E-state index is -2.16. The second kappa shape index (κ2) is 8.08. The first kappa shape index (κ1) is 22.6. The predicted molar refractivity (Wildman–Crippen MR) is 99.4 cm³/mol. The van der Waals surface area contributed by atoms with E-state index in [1.54, 1.807) is 0 Å². The third kappa shape index (κ3) is 4.65. The molecule has 0 unspecified atom stereocenters. The summed E-state index contributed by atoms with van der Waals surface area (Å²) in [6.07, 6.45) is -1.18. The number of esters is 2. The molecule has 1 saturated heterocycles. The molecule has 1 fully saturated rings. The summed E-state index contributed by atoms with van der Waals surface area (Å²) in [5.41, 5.74) is 0. The van der Waals surface area contributed by atoms with E-state index >= 15 is 0 Å². The van der Waals surface area contributed by atoms with Gasteiger partial charge in [0.15, 0.2) is 21.3 Å². The molecule has 1 heterocycles. The van der Waals surface area contributed by atoms with Crippen molar-refractivity contribution in [2.45, 2.75) is 78.9 Å². The maximum absolute atomic E-state index is 12.6. The van der Waals surface area contributed by atoms with Crippen LogP contribution < -0.4 is 0 Å². The van der Waals surface area contributed by atoms with Crippen molar-refractivity contribution in [2.75, 3.05) is 6.73 Å². The second-order valence-corrected chi connectivity index (χ2v) is 12.9. The Morgan fingerprint density at radius 2 is 1.69 bits per heavy atom. The van der Waals surface area contributed by atoms with Gasteiger partial charge in [-0.1, -0.05) is 27.7 Å². The minimum Gasteiger partial charge on any atom is -0.444 e. The van der Waals surface area contributed by atoms with Crippen molar-refractivity contribution >= 4 is 26.2 Å². The van der Waals surface area contributed by atoms with Crippen LogP contribution in [0.4, 0.5) is 0 Å². The van der Waals surface area contributed by atoms with Gasteiger partial charge in [-0.2, -0.15) is 0 Å². The fraction of sp³-hybridized carbons (Fsp3) is 0.833. The molecule has 0 N–H and O–H groups in total. The lowest BCUT2D eigenvalue weighted by molar-refractivity contribution is -0.217. The molecule has 0 saturated carbocycles. The molecule has 0 aromatic carbocycles. The van der Waals surface area contributed by atoms with Gasteiger partial charge >= 0.3 is 11.9 Å². The van der Waals surface area contributed by atoms with E-state index in [9.17, 15) is 14.4 Å². The Morgan fingerprint density at radius 1 is 1.15 bits per heavy atom. The smallest absolute Gasteiger partial charge is 0.304 e. The van der Waals surface area contributed by atoms with Crippen molar-refractivity contribution in [1.29, 1.82) is 0 Å². The van der Waals surface area contributed by atoms with Crippen molar-refractivity contribution in [3.63, 3.8) is 0 Å². The largest absolute Gasteiger partial charge is 0.444 e. The molecule has 0 spiro atoms. The molecule has 7 nitrogen and oxygen atoms in total. The average molecular weight is 388 g/mol. The number of nitrogens with zero attached hydrogens (tertiary/aromatic N) is 1. The fourth-order valence-electron chi connectivity index (χ4n) is 2.97. The van der Waals surface area contributed by atoms with Gasteiger partial charge < -0.3 is 13.9 Å². The summed E-state index contributed by atoms with van der Waals surface area (Å²) in [5.74, 6) is -1.40. The predicted octanol–water partition coefficient (Wildman–Crippen LogP) is 2.90. The van der Waals surface area contributed by atoms with Crippen LogP contribution in [0, 0.1) is 11.8 Å².